The van der Waals surface area contributed by atoms with Crippen molar-refractivity contribution >= 4 is 41.3 Å². The van der Waals surface area contributed by atoms with Crippen LogP contribution in [0.1, 0.15) is 11.1 Å². The molecule has 1 aromatic carbocycles. The number of aliphatic imine (C=N–C) groups is 1. The fourth-order valence-corrected chi connectivity index (χ4v) is 2.56. The van der Waals surface area contributed by atoms with E-state index in [4.69, 9.17) is 4.74 Å². The van der Waals surface area contributed by atoms with Crippen LogP contribution in [0, 0.1) is 0 Å². The van der Waals surface area contributed by atoms with Crippen LogP contribution in [0.25, 0.3) is 0 Å². The van der Waals surface area contributed by atoms with Gasteiger partial charge in [-0.05, 0) is 40.1 Å². The summed E-state index contributed by atoms with van der Waals surface area (Å²) in [6.07, 6.45) is -2.48. The molecule has 1 aromatic heterocycles. The molecule has 0 amide bonds. The lowest BCUT2D eigenvalue weighted by Crippen LogP contribution is -2.36. The zero-order valence-electron chi connectivity index (χ0n) is 13.2. The maximum atomic E-state index is 12.2. The molecule has 1 heterocycles. The minimum Gasteiger partial charge on any atom is -0.488 e. The Morgan fingerprint density at radius 3 is 2.58 bits per heavy atom. The number of halogens is 3. The number of alkyl halides is 2. The molecule has 0 spiro atoms. The fourth-order valence-electron chi connectivity index (χ4n) is 1.89. The van der Waals surface area contributed by atoms with Gasteiger partial charge in [0.15, 0.2) is 5.96 Å². The maximum absolute atomic E-state index is 12.2. The van der Waals surface area contributed by atoms with Crippen molar-refractivity contribution in [3.05, 3.63) is 52.2 Å². The van der Waals surface area contributed by atoms with Crippen LogP contribution in [0.5, 0.6) is 5.75 Å². The van der Waals surface area contributed by atoms with Gasteiger partial charge in [0.2, 0.25) is 0 Å². The number of benzene rings is 1. The van der Waals surface area contributed by atoms with E-state index in [-0.39, 0.29) is 24.0 Å². The minimum absolute atomic E-state index is 0. The molecule has 0 radical (unpaired) electrons. The van der Waals surface area contributed by atoms with Crippen LogP contribution >= 0.6 is 35.3 Å². The highest BCUT2D eigenvalue weighted by Gasteiger charge is 2.04. The number of nitrogens with one attached hydrogen (secondary N) is 2. The van der Waals surface area contributed by atoms with E-state index in [0.29, 0.717) is 24.8 Å². The van der Waals surface area contributed by atoms with Crippen molar-refractivity contribution in [1.29, 1.82) is 0 Å². The summed E-state index contributed by atoms with van der Waals surface area (Å²) in [5.74, 6) is 1.11. The Hall–Kier alpha value is -1.42. The lowest BCUT2D eigenvalue weighted by Gasteiger charge is -2.12. The molecule has 0 aliphatic heterocycles. The molecule has 0 bridgehead atoms. The van der Waals surface area contributed by atoms with Crippen LogP contribution < -0.4 is 15.4 Å². The number of ether oxygens (including phenoxy) is 1. The first-order valence-electron chi connectivity index (χ1n) is 7.13. The Bertz CT molecular complexity index is 624. The number of hydrogen-bond donors (Lipinski definition) is 2. The summed E-state index contributed by atoms with van der Waals surface area (Å²) in [4.78, 5) is 4.15. The van der Waals surface area contributed by atoms with E-state index in [9.17, 15) is 8.78 Å². The summed E-state index contributed by atoms with van der Waals surface area (Å²) in [6.45, 7) is 0.622. The second-order valence-electron chi connectivity index (χ2n) is 4.76. The first-order chi connectivity index (χ1) is 11.2. The summed E-state index contributed by atoms with van der Waals surface area (Å²) in [5.41, 5.74) is 2.12. The van der Waals surface area contributed by atoms with Gasteiger partial charge in [-0.15, -0.1) is 24.0 Å². The summed E-state index contributed by atoms with van der Waals surface area (Å²) in [5, 5.41) is 10.5. The van der Waals surface area contributed by atoms with Crippen molar-refractivity contribution in [2.45, 2.75) is 19.5 Å². The van der Waals surface area contributed by atoms with Crippen molar-refractivity contribution in [2.24, 2.45) is 4.99 Å². The van der Waals surface area contributed by atoms with E-state index in [1.54, 1.807) is 36.6 Å². The zero-order chi connectivity index (χ0) is 16.5. The SMILES string of the molecule is CN=C(NCc1ccsc1)NCc1cccc(OCC(F)F)c1.I. The highest BCUT2D eigenvalue weighted by atomic mass is 127. The number of rotatable bonds is 7. The molecule has 0 unspecified atom stereocenters. The molecule has 0 saturated heterocycles. The quantitative estimate of drug-likeness (QED) is 0.369. The molecule has 4 nitrogen and oxygen atoms in total. The maximum Gasteiger partial charge on any atom is 0.272 e. The van der Waals surface area contributed by atoms with E-state index in [1.165, 1.54) is 5.56 Å². The van der Waals surface area contributed by atoms with Gasteiger partial charge in [-0.3, -0.25) is 4.99 Å². The average molecular weight is 467 g/mol. The smallest absolute Gasteiger partial charge is 0.272 e. The lowest BCUT2D eigenvalue weighted by atomic mass is 10.2. The van der Waals surface area contributed by atoms with Gasteiger partial charge in [0.25, 0.3) is 6.43 Å². The number of nitrogens with zero attached hydrogens (tertiary/aromatic N) is 1. The van der Waals surface area contributed by atoms with E-state index < -0.39 is 13.0 Å². The highest BCUT2D eigenvalue weighted by molar-refractivity contribution is 14.0. The molecule has 2 N–H and O–H groups in total. The van der Waals surface area contributed by atoms with E-state index in [0.717, 1.165) is 5.56 Å². The summed E-state index contributed by atoms with van der Waals surface area (Å²) < 4.78 is 29.3. The second kappa shape index (κ2) is 11.2. The number of guanidine groups is 1. The van der Waals surface area contributed by atoms with Crippen molar-refractivity contribution < 1.29 is 13.5 Å². The molecular formula is C16H20F2IN3OS. The highest BCUT2D eigenvalue weighted by Crippen LogP contribution is 2.14. The van der Waals surface area contributed by atoms with E-state index in [1.807, 2.05) is 11.4 Å². The molecule has 0 saturated carbocycles. The molecule has 8 heteroatoms. The van der Waals surface area contributed by atoms with Crippen molar-refractivity contribution in [3.8, 4) is 5.75 Å². The fraction of sp³-hybridized carbons (Fsp3) is 0.312. The second-order valence-corrected chi connectivity index (χ2v) is 5.54. The number of thiophene rings is 1. The minimum atomic E-state index is -2.48. The van der Waals surface area contributed by atoms with Crippen molar-refractivity contribution in [1.82, 2.24) is 10.6 Å². The van der Waals surface area contributed by atoms with Crippen LogP contribution in [0.3, 0.4) is 0 Å². The normalized spacial score (nSPS) is 11.1. The van der Waals surface area contributed by atoms with E-state index in [2.05, 4.69) is 27.1 Å². The summed E-state index contributed by atoms with van der Waals surface area (Å²) >= 11 is 1.65. The molecule has 24 heavy (non-hydrogen) atoms. The van der Waals surface area contributed by atoms with Gasteiger partial charge in [0.05, 0.1) is 0 Å². The number of hydrogen-bond acceptors (Lipinski definition) is 3. The molecule has 0 aliphatic rings. The van der Waals surface area contributed by atoms with Gasteiger partial charge in [-0.1, -0.05) is 12.1 Å². The molecule has 0 atom stereocenters. The third-order valence-corrected chi connectivity index (χ3v) is 3.73. The van der Waals surface area contributed by atoms with E-state index >= 15 is 0 Å². The van der Waals surface area contributed by atoms with Crippen LogP contribution in [0.2, 0.25) is 0 Å². The first-order valence-corrected chi connectivity index (χ1v) is 8.07. The predicted molar refractivity (Wildman–Crippen MR) is 105 cm³/mol. The van der Waals surface area contributed by atoms with Gasteiger partial charge >= 0.3 is 0 Å². The lowest BCUT2D eigenvalue weighted by molar-refractivity contribution is 0.0818. The molecule has 0 fully saturated rings. The van der Waals surface area contributed by atoms with Crippen LogP contribution in [0.15, 0.2) is 46.1 Å². The monoisotopic (exact) mass is 467 g/mol. The predicted octanol–water partition coefficient (Wildman–Crippen LogP) is 3.88. The Balaban J connectivity index is 0.00000288. The van der Waals surface area contributed by atoms with Gasteiger partial charge in [-0.25, -0.2) is 8.78 Å². The topological polar surface area (TPSA) is 45.7 Å². The molecule has 0 aliphatic carbocycles. The third kappa shape index (κ3) is 7.43. The molecule has 2 rings (SSSR count). The van der Waals surface area contributed by atoms with Gasteiger partial charge in [0, 0.05) is 20.1 Å². The molecule has 132 valence electrons. The molecular weight excluding hydrogens is 447 g/mol. The van der Waals surface area contributed by atoms with Crippen LogP contribution in [-0.2, 0) is 13.1 Å². The van der Waals surface area contributed by atoms with Crippen LogP contribution in [0.4, 0.5) is 8.78 Å². The largest absolute Gasteiger partial charge is 0.488 e. The van der Waals surface area contributed by atoms with Crippen molar-refractivity contribution in [3.63, 3.8) is 0 Å². The summed E-state index contributed by atoms with van der Waals surface area (Å²) in [7, 11) is 1.70. The standard InChI is InChI=1S/C16H19F2N3OS.HI/c1-19-16(21-9-13-5-6-23-11-13)20-8-12-3-2-4-14(7-12)22-10-15(17)18;/h2-7,11,15H,8-10H2,1H3,(H2,19,20,21);1H. The molecule has 2 aromatic rings. The Morgan fingerprint density at radius 1 is 1.21 bits per heavy atom. The summed E-state index contributed by atoms with van der Waals surface area (Å²) in [6, 6.07) is 9.12. The van der Waals surface area contributed by atoms with Gasteiger partial charge in [0.1, 0.15) is 12.4 Å². The third-order valence-electron chi connectivity index (χ3n) is 3.00. The Labute approximate surface area is 161 Å². The Kier molecular flexibility index (Phi) is 9.62. The van der Waals surface area contributed by atoms with Crippen LogP contribution in [-0.4, -0.2) is 26.0 Å². The zero-order valence-corrected chi connectivity index (χ0v) is 16.3. The average Bonchev–Trinajstić information content (AvgIpc) is 3.07. The van der Waals surface area contributed by atoms with Gasteiger partial charge in [-0.2, -0.15) is 11.3 Å². The first kappa shape index (κ1) is 20.6. The van der Waals surface area contributed by atoms with Crippen molar-refractivity contribution in [2.75, 3.05) is 13.7 Å². The Morgan fingerprint density at radius 2 is 1.96 bits per heavy atom. The van der Waals surface area contributed by atoms with Gasteiger partial charge < -0.3 is 15.4 Å².